The highest BCUT2D eigenvalue weighted by Gasteiger charge is 2.21. The second kappa shape index (κ2) is 10.3. The van der Waals surface area contributed by atoms with E-state index in [0.29, 0.717) is 29.9 Å². The monoisotopic (exact) mass is 418 g/mol. The minimum Gasteiger partial charge on any atom is -0.378 e. The summed E-state index contributed by atoms with van der Waals surface area (Å²) in [6.45, 7) is 6.75. The molecule has 0 spiro atoms. The first kappa shape index (κ1) is 22.7. The number of rotatable bonds is 10. The number of thioether (sulfide) groups is 1. The molecule has 0 radical (unpaired) electrons. The molecule has 9 heteroatoms. The number of hydrogen-bond acceptors (Lipinski definition) is 6. The average Bonchev–Trinajstić information content (AvgIpc) is 3.01. The number of anilines is 2. The van der Waals surface area contributed by atoms with Crippen molar-refractivity contribution in [2.45, 2.75) is 50.6 Å². The van der Waals surface area contributed by atoms with Crippen LogP contribution in [0.25, 0.3) is 0 Å². The zero-order valence-corrected chi connectivity index (χ0v) is 18.5. The Hall–Kier alpha value is -2.55. The van der Waals surface area contributed by atoms with Crippen LogP contribution in [0.15, 0.2) is 29.4 Å². The van der Waals surface area contributed by atoms with Crippen molar-refractivity contribution < 1.29 is 9.59 Å². The van der Waals surface area contributed by atoms with E-state index in [1.165, 1.54) is 11.8 Å². The van der Waals surface area contributed by atoms with E-state index in [2.05, 4.69) is 29.4 Å². The van der Waals surface area contributed by atoms with E-state index in [1.54, 1.807) is 0 Å². The molecule has 1 atom stereocenters. The van der Waals surface area contributed by atoms with Gasteiger partial charge in [0.2, 0.25) is 11.8 Å². The Morgan fingerprint density at radius 3 is 2.38 bits per heavy atom. The standard InChI is InChI=1S/C20H30N6O2S/c1-13(2)12-26-18(11-10-17(21)27)23-24-20(26)29-14(3)19(28)22-15-6-8-16(9-7-15)25(4)5/h6-9,13-14H,10-12H2,1-5H3,(H2,21,27)(H,22,28). The fraction of sp³-hybridized carbons (Fsp3) is 0.500. The first-order valence-corrected chi connectivity index (χ1v) is 10.5. The first-order chi connectivity index (χ1) is 13.7. The molecule has 0 bridgehead atoms. The van der Waals surface area contributed by atoms with E-state index in [-0.39, 0.29) is 23.5 Å². The summed E-state index contributed by atoms with van der Waals surface area (Å²) in [5, 5.41) is 11.7. The molecule has 0 aliphatic rings. The smallest absolute Gasteiger partial charge is 0.237 e. The maximum atomic E-state index is 12.6. The molecular formula is C20H30N6O2S. The van der Waals surface area contributed by atoms with Gasteiger partial charge in [-0.1, -0.05) is 25.6 Å². The van der Waals surface area contributed by atoms with Crippen LogP contribution in [0.4, 0.5) is 11.4 Å². The first-order valence-electron chi connectivity index (χ1n) is 9.62. The summed E-state index contributed by atoms with van der Waals surface area (Å²) in [6, 6.07) is 7.68. The van der Waals surface area contributed by atoms with Crippen molar-refractivity contribution in [2.75, 3.05) is 24.3 Å². The lowest BCUT2D eigenvalue weighted by Crippen LogP contribution is -2.23. The third-order valence-corrected chi connectivity index (χ3v) is 5.32. The Morgan fingerprint density at radius 2 is 1.83 bits per heavy atom. The van der Waals surface area contributed by atoms with Gasteiger partial charge < -0.3 is 20.5 Å². The Labute approximate surface area is 176 Å². The lowest BCUT2D eigenvalue weighted by atomic mass is 10.2. The van der Waals surface area contributed by atoms with Crippen LogP contribution < -0.4 is 16.0 Å². The summed E-state index contributed by atoms with van der Waals surface area (Å²) in [5.41, 5.74) is 7.08. The Balaban J connectivity index is 2.06. The number of carbonyl (C=O) groups is 2. The zero-order valence-electron chi connectivity index (χ0n) is 17.7. The molecule has 0 saturated carbocycles. The third kappa shape index (κ3) is 6.77. The van der Waals surface area contributed by atoms with Gasteiger partial charge in [-0.05, 0) is 37.1 Å². The van der Waals surface area contributed by atoms with Gasteiger partial charge in [0.05, 0.1) is 5.25 Å². The molecule has 2 rings (SSSR count). The van der Waals surface area contributed by atoms with Gasteiger partial charge in [-0.25, -0.2) is 0 Å². The van der Waals surface area contributed by atoms with Crippen molar-refractivity contribution in [2.24, 2.45) is 11.7 Å². The van der Waals surface area contributed by atoms with E-state index < -0.39 is 0 Å². The summed E-state index contributed by atoms with van der Waals surface area (Å²) in [4.78, 5) is 25.7. The molecule has 0 aliphatic carbocycles. The molecule has 0 saturated heterocycles. The molecule has 3 N–H and O–H groups in total. The summed E-state index contributed by atoms with van der Waals surface area (Å²) in [5.74, 6) is 0.612. The number of nitrogens with one attached hydrogen (secondary N) is 1. The molecule has 0 aliphatic heterocycles. The number of benzene rings is 1. The summed E-state index contributed by atoms with van der Waals surface area (Å²) < 4.78 is 1.98. The molecule has 1 unspecified atom stereocenters. The second-order valence-corrected chi connectivity index (χ2v) is 8.87. The number of nitrogens with zero attached hydrogens (tertiary/aromatic N) is 4. The van der Waals surface area contributed by atoms with Crippen LogP contribution in [-0.2, 0) is 22.6 Å². The molecule has 1 aromatic carbocycles. The predicted molar refractivity (Wildman–Crippen MR) is 117 cm³/mol. The fourth-order valence-electron chi connectivity index (χ4n) is 2.67. The normalized spacial score (nSPS) is 12.1. The second-order valence-electron chi connectivity index (χ2n) is 7.56. The van der Waals surface area contributed by atoms with Crippen LogP contribution in [0, 0.1) is 5.92 Å². The van der Waals surface area contributed by atoms with Crippen LogP contribution in [0.5, 0.6) is 0 Å². The van der Waals surface area contributed by atoms with Gasteiger partial charge in [0.1, 0.15) is 5.82 Å². The van der Waals surface area contributed by atoms with Crippen LogP contribution >= 0.6 is 11.8 Å². The van der Waals surface area contributed by atoms with Gasteiger partial charge in [0.15, 0.2) is 5.16 Å². The molecule has 2 aromatic rings. The average molecular weight is 419 g/mol. The summed E-state index contributed by atoms with van der Waals surface area (Å²) in [6.07, 6.45) is 0.661. The number of hydrogen-bond donors (Lipinski definition) is 2. The largest absolute Gasteiger partial charge is 0.378 e. The summed E-state index contributed by atoms with van der Waals surface area (Å²) >= 11 is 1.36. The highest BCUT2D eigenvalue weighted by molar-refractivity contribution is 8.00. The van der Waals surface area contributed by atoms with Crippen molar-refractivity contribution in [3.8, 4) is 0 Å². The third-order valence-electron chi connectivity index (χ3n) is 4.24. The van der Waals surface area contributed by atoms with Gasteiger partial charge in [-0.15, -0.1) is 10.2 Å². The number of amides is 2. The Morgan fingerprint density at radius 1 is 1.17 bits per heavy atom. The van der Waals surface area contributed by atoms with Crippen molar-refractivity contribution in [3.63, 3.8) is 0 Å². The van der Waals surface area contributed by atoms with Crippen molar-refractivity contribution in [1.82, 2.24) is 14.8 Å². The highest BCUT2D eigenvalue weighted by Crippen LogP contribution is 2.25. The minimum atomic E-state index is -0.369. The molecule has 2 amide bonds. The lowest BCUT2D eigenvalue weighted by Gasteiger charge is -2.16. The quantitative estimate of drug-likeness (QED) is 0.574. The molecule has 29 heavy (non-hydrogen) atoms. The van der Waals surface area contributed by atoms with Gasteiger partial charge in [-0.2, -0.15) is 0 Å². The topological polar surface area (TPSA) is 106 Å². The van der Waals surface area contributed by atoms with Crippen molar-refractivity contribution in [1.29, 1.82) is 0 Å². The van der Waals surface area contributed by atoms with Crippen molar-refractivity contribution in [3.05, 3.63) is 30.1 Å². The number of primary amides is 1. The number of aryl methyl sites for hydroxylation is 1. The maximum absolute atomic E-state index is 12.6. The number of carbonyl (C=O) groups excluding carboxylic acids is 2. The van der Waals surface area contributed by atoms with Crippen LogP contribution in [0.3, 0.4) is 0 Å². The lowest BCUT2D eigenvalue weighted by molar-refractivity contribution is -0.118. The van der Waals surface area contributed by atoms with E-state index in [1.807, 2.05) is 54.8 Å². The number of nitrogens with two attached hydrogens (primary N) is 1. The molecular weight excluding hydrogens is 388 g/mol. The van der Waals surface area contributed by atoms with Gasteiger partial charge >= 0.3 is 0 Å². The van der Waals surface area contributed by atoms with E-state index in [9.17, 15) is 9.59 Å². The van der Waals surface area contributed by atoms with Crippen LogP contribution in [-0.4, -0.2) is 45.9 Å². The maximum Gasteiger partial charge on any atom is 0.237 e. The SMILES string of the molecule is CC(C)Cn1c(CCC(N)=O)nnc1SC(C)C(=O)Nc1ccc(N(C)C)cc1. The Kier molecular flexibility index (Phi) is 8.07. The molecule has 158 valence electrons. The molecule has 0 fully saturated rings. The van der Waals surface area contributed by atoms with Gasteiger partial charge in [0.25, 0.3) is 0 Å². The zero-order chi connectivity index (χ0) is 21.6. The Bertz CT molecular complexity index is 832. The van der Waals surface area contributed by atoms with E-state index in [4.69, 9.17) is 5.73 Å². The van der Waals surface area contributed by atoms with Crippen molar-refractivity contribution >= 4 is 35.0 Å². The molecule has 8 nitrogen and oxygen atoms in total. The van der Waals surface area contributed by atoms with Gasteiger partial charge in [-0.3, -0.25) is 9.59 Å². The van der Waals surface area contributed by atoms with E-state index in [0.717, 1.165) is 11.4 Å². The molecule has 1 heterocycles. The number of aromatic nitrogens is 3. The molecule has 1 aromatic heterocycles. The van der Waals surface area contributed by atoms with Gasteiger partial charge in [0, 0.05) is 44.9 Å². The van der Waals surface area contributed by atoms with E-state index >= 15 is 0 Å². The van der Waals surface area contributed by atoms with Crippen LogP contribution in [0.2, 0.25) is 0 Å². The highest BCUT2D eigenvalue weighted by atomic mass is 32.2. The van der Waals surface area contributed by atoms with Crippen LogP contribution in [0.1, 0.15) is 33.0 Å². The predicted octanol–water partition coefficient (Wildman–Crippen LogP) is 2.54. The minimum absolute atomic E-state index is 0.106. The fourth-order valence-corrected chi connectivity index (χ4v) is 3.55. The summed E-state index contributed by atoms with van der Waals surface area (Å²) in [7, 11) is 3.94.